The summed E-state index contributed by atoms with van der Waals surface area (Å²) in [7, 11) is 0. The Morgan fingerprint density at radius 3 is 2.69 bits per heavy atom. The molecule has 0 aliphatic rings. The number of hydrogen-bond donors (Lipinski definition) is 2. The second kappa shape index (κ2) is 6.33. The van der Waals surface area contributed by atoms with Crippen LogP contribution in [0.15, 0.2) is 16.6 Å². The van der Waals surface area contributed by atoms with E-state index >= 15 is 0 Å². The Balaban J connectivity index is 2.78. The van der Waals surface area contributed by atoms with Crippen LogP contribution in [0, 0.1) is 12.7 Å². The second-order valence-electron chi connectivity index (χ2n) is 4.02. The highest BCUT2D eigenvalue weighted by Crippen LogP contribution is 2.26. The van der Waals surface area contributed by atoms with Gasteiger partial charge in [-0.3, -0.25) is 0 Å². The minimum atomic E-state index is -0.247. The van der Waals surface area contributed by atoms with Crippen molar-refractivity contribution in [1.29, 1.82) is 0 Å². The van der Waals surface area contributed by atoms with Gasteiger partial charge >= 0.3 is 0 Å². The molecule has 16 heavy (non-hydrogen) atoms. The first-order valence-electron chi connectivity index (χ1n) is 5.47. The van der Waals surface area contributed by atoms with Crippen molar-refractivity contribution in [3.8, 4) is 0 Å². The van der Waals surface area contributed by atoms with E-state index in [1.165, 1.54) is 0 Å². The molecule has 0 radical (unpaired) electrons. The fourth-order valence-electron chi connectivity index (χ4n) is 1.69. The molecule has 1 aromatic carbocycles. The van der Waals surface area contributed by atoms with Gasteiger partial charge in [-0.15, -0.1) is 0 Å². The van der Waals surface area contributed by atoms with Crippen LogP contribution in [0.3, 0.4) is 0 Å². The second-order valence-corrected chi connectivity index (χ2v) is 4.93. The van der Waals surface area contributed by atoms with Gasteiger partial charge in [0.25, 0.3) is 0 Å². The van der Waals surface area contributed by atoms with Gasteiger partial charge in [0.05, 0.1) is 0 Å². The number of benzene rings is 1. The Bertz CT molecular complexity index is 355. The van der Waals surface area contributed by atoms with Gasteiger partial charge in [-0.05, 0) is 44.0 Å². The van der Waals surface area contributed by atoms with Gasteiger partial charge in [-0.2, -0.15) is 0 Å². The van der Waals surface area contributed by atoms with Crippen LogP contribution in [0.4, 0.5) is 4.39 Å². The highest BCUT2D eigenvalue weighted by atomic mass is 79.9. The molecule has 0 aromatic heterocycles. The van der Waals surface area contributed by atoms with E-state index in [-0.39, 0.29) is 11.9 Å². The minimum absolute atomic E-state index is 0.191. The lowest BCUT2D eigenvalue weighted by molar-refractivity contribution is 0.538. The predicted molar refractivity (Wildman–Crippen MR) is 68.7 cm³/mol. The van der Waals surface area contributed by atoms with Gasteiger partial charge in [0.2, 0.25) is 0 Å². The highest BCUT2D eigenvalue weighted by molar-refractivity contribution is 9.10. The molecule has 0 amide bonds. The summed E-state index contributed by atoms with van der Waals surface area (Å²) < 4.78 is 14.7. The van der Waals surface area contributed by atoms with E-state index < -0.39 is 0 Å². The van der Waals surface area contributed by atoms with Crippen molar-refractivity contribution in [2.45, 2.75) is 32.2 Å². The van der Waals surface area contributed by atoms with Gasteiger partial charge < -0.3 is 11.5 Å². The van der Waals surface area contributed by atoms with E-state index in [0.29, 0.717) is 17.7 Å². The first kappa shape index (κ1) is 13.6. The minimum Gasteiger partial charge on any atom is -0.330 e. The molecular formula is C12H18BrFN2. The lowest BCUT2D eigenvalue weighted by atomic mass is 9.99. The molecule has 0 aliphatic heterocycles. The lowest BCUT2D eigenvalue weighted by Crippen LogP contribution is -2.13. The summed E-state index contributed by atoms with van der Waals surface area (Å²) in [5.74, 6) is -0.191. The number of aryl methyl sites for hydroxylation is 1. The van der Waals surface area contributed by atoms with E-state index in [0.717, 1.165) is 23.7 Å². The van der Waals surface area contributed by atoms with E-state index in [1.54, 1.807) is 19.1 Å². The van der Waals surface area contributed by atoms with Gasteiger partial charge in [0.15, 0.2) is 0 Å². The Labute approximate surface area is 104 Å². The van der Waals surface area contributed by atoms with Gasteiger partial charge in [-0.25, -0.2) is 4.39 Å². The highest BCUT2D eigenvalue weighted by Gasteiger charge is 2.13. The van der Waals surface area contributed by atoms with Crippen LogP contribution < -0.4 is 11.5 Å². The Morgan fingerprint density at radius 2 is 2.06 bits per heavy atom. The third-order valence-corrected chi connectivity index (χ3v) is 3.07. The fourth-order valence-corrected chi connectivity index (χ4v) is 2.28. The SMILES string of the molecule is Cc1cc(Br)cc([C@@H](N)CCCCN)c1F. The van der Waals surface area contributed by atoms with Crippen molar-refractivity contribution in [3.63, 3.8) is 0 Å². The molecule has 0 saturated carbocycles. The number of hydrogen-bond acceptors (Lipinski definition) is 2. The maximum absolute atomic E-state index is 13.8. The number of rotatable bonds is 5. The van der Waals surface area contributed by atoms with Gasteiger partial charge in [0, 0.05) is 16.1 Å². The summed E-state index contributed by atoms with van der Waals surface area (Å²) in [6.45, 7) is 2.41. The van der Waals surface area contributed by atoms with Crippen LogP contribution >= 0.6 is 15.9 Å². The van der Waals surface area contributed by atoms with Crippen LogP contribution in [-0.4, -0.2) is 6.54 Å². The monoisotopic (exact) mass is 288 g/mol. The van der Waals surface area contributed by atoms with Crippen LogP contribution in [0.2, 0.25) is 0 Å². The normalized spacial score (nSPS) is 12.8. The van der Waals surface area contributed by atoms with Crippen LogP contribution in [-0.2, 0) is 0 Å². The lowest BCUT2D eigenvalue weighted by Gasteiger charge is -2.14. The van der Waals surface area contributed by atoms with Gasteiger partial charge in [-0.1, -0.05) is 22.4 Å². The smallest absolute Gasteiger partial charge is 0.130 e. The van der Waals surface area contributed by atoms with Crippen molar-refractivity contribution < 1.29 is 4.39 Å². The van der Waals surface area contributed by atoms with Crippen LogP contribution in [0.25, 0.3) is 0 Å². The summed E-state index contributed by atoms with van der Waals surface area (Å²) in [5, 5.41) is 0. The topological polar surface area (TPSA) is 52.0 Å². The summed E-state index contributed by atoms with van der Waals surface area (Å²) in [4.78, 5) is 0. The zero-order valence-corrected chi connectivity index (χ0v) is 11.1. The average Bonchev–Trinajstić information content (AvgIpc) is 2.23. The molecule has 0 saturated heterocycles. The van der Waals surface area contributed by atoms with E-state index in [1.807, 2.05) is 0 Å². The number of unbranched alkanes of at least 4 members (excludes halogenated alkanes) is 1. The van der Waals surface area contributed by atoms with E-state index in [2.05, 4.69) is 15.9 Å². The van der Waals surface area contributed by atoms with Crippen molar-refractivity contribution in [2.75, 3.05) is 6.54 Å². The molecule has 4 heteroatoms. The fraction of sp³-hybridized carbons (Fsp3) is 0.500. The van der Waals surface area contributed by atoms with Crippen molar-refractivity contribution in [1.82, 2.24) is 0 Å². The summed E-state index contributed by atoms with van der Waals surface area (Å²) >= 11 is 3.36. The van der Waals surface area contributed by atoms with Gasteiger partial charge in [0.1, 0.15) is 5.82 Å². The van der Waals surface area contributed by atoms with Crippen LogP contribution in [0.5, 0.6) is 0 Å². The standard InChI is InChI=1S/C12H18BrFN2/c1-8-6-9(13)7-10(12(8)14)11(16)4-2-3-5-15/h6-7,11H,2-5,15-16H2,1H3/t11-/m0/s1. The van der Waals surface area contributed by atoms with Crippen molar-refractivity contribution in [2.24, 2.45) is 11.5 Å². The first-order valence-corrected chi connectivity index (χ1v) is 6.26. The van der Waals surface area contributed by atoms with Crippen molar-refractivity contribution >= 4 is 15.9 Å². The molecule has 90 valence electrons. The summed E-state index contributed by atoms with van der Waals surface area (Å²) in [5.41, 5.74) is 12.6. The molecule has 0 bridgehead atoms. The van der Waals surface area contributed by atoms with E-state index in [4.69, 9.17) is 11.5 Å². The maximum Gasteiger partial charge on any atom is 0.130 e. The number of nitrogens with two attached hydrogens (primary N) is 2. The molecule has 4 N–H and O–H groups in total. The molecular weight excluding hydrogens is 271 g/mol. The van der Waals surface area contributed by atoms with E-state index in [9.17, 15) is 4.39 Å². The third kappa shape index (κ3) is 3.54. The molecule has 0 heterocycles. The Kier molecular flexibility index (Phi) is 5.38. The average molecular weight is 289 g/mol. The quantitative estimate of drug-likeness (QED) is 0.819. The molecule has 0 unspecified atom stereocenters. The molecule has 1 atom stereocenters. The zero-order valence-electron chi connectivity index (χ0n) is 9.47. The largest absolute Gasteiger partial charge is 0.330 e. The maximum atomic E-state index is 13.8. The summed E-state index contributed by atoms with van der Waals surface area (Å²) in [6, 6.07) is 3.27. The van der Waals surface area contributed by atoms with Crippen molar-refractivity contribution in [3.05, 3.63) is 33.5 Å². The summed E-state index contributed by atoms with van der Waals surface area (Å²) in [6.07, 6.45) is 2.63. The van der Waals surface area contributed by atoms with Crippen LogP contribution in [0.1, 0.15) is 36.4 Å². The Morgan fingerprint density at radius 1 is 1.38 bits per heavy atom. The number of halogens is 2. The molecule has 0 aliphatic carbocycles. The molecule has 0 fully saturated rings. The molecule has 1 rings (SSSR count). The third-order valence-electron chi connectivity index (χ3n) is 2.62. The Hall–Kier alpha value is -0.450. The predicted octanol–water partition coefficient (Wildman–Crippen LogP) is 3.03. The molecule has 2 nitrogen and oxygen atoms in total. The molecule has 0 spiro atoms. The molecule has 1 aromatic rings. The first-order chi connectivity index (χ1) is 7.56. The zero-order chi connectivity index (χ0) is 12.1.